The minimum Gasteiger partial charge on any atom is -0.339 e. The Bertz CT molecular complexity index is 1240. The number of aryl methyl sites for hydroxylation is 1. The third kappa shape index (κ3) is 4.74. The number of hydrogen-bond acceptors (Lipinski definition) is 8. The van der Waals surface area contributed by atoms with Crippen molar-refractivity contribution >= 4 is 33.1 Å². The van der Waals surface area contributed by atoms with Crippen LogP contribution in [-0.2, 0) is 21.7 Å². The monoisotopic (exact) mass is 411 g/mol. The molecule has 148 valence electrons. The number of anilines is 3. The van der Waals surface area contributed by atoms with E-state index in [9.17, 15) is 18.5 Å². The fraction of sp³-hybridized carbons (Fsp3) is 0.167. The van der Waals surface area contributed by atoms with Gasteiger partial charge in [0.25, 0.3) is 0 Å². The van der Waals surface area contributed by atoms with Crippen molar-refractivity contribution in [2.45, 2.75) is 11.9 Å². The fourth-order valence-corrected chi connectivity index (χ4v) is 3.14. The van der Waals surface area contributed by atoms with Crippen molar-refractivity contribution < 1.29 is 13.2 Å². The molecule has 0 aliphatic rings. The topological polar surface area (TPSA) is 143 Å². The maximum atomic E-state index is 11.9. The minimum atomic E-state index is -3.62. The average Bonchev–Trinajstić information content (AvgIpc) is 3.06. The van der Waals surface area contributed by atoms with Crippen LogP contribution in [0.3, 0.4) is 0 Å². The van der Waals surface area contributed by atoms with Gasteiger partial charge in [0.15, 0.2) is 14.9 Å². The maximum absolute atomic E-state index is 11.9. The summed E-state index contributed by atoms with van der Waals surface area (Å²) in [7, 11) is -1.85. The average molecular weight is 411 g/mol. The molecular formula is C18H17N7O3S. The van der Waals surface area contributed by atoms with Gasteiger partial charge in [0, 0.05) is 44.3 Å². The van der Waals surface area contributed by atoms with Crippen LogP contribution < -0.4 is 10.6 Å². The molecule has 0 spiro atoms. The molecule has 0 aliphatic heterocycles. The van der Waals surface area contributed by atoms with Crippen LogP contribution in [0.5, 0.6) is 0 Å². The molecule has 3 heterocycles. The van der Waals surface area contributed by atoms with Crippen LogP contribution in [0.25, 0.3) is 11.3 Å². The predicted octanol–water partition coefficient (Wildman–Crippen LogP) is 1.85. The Morgan fingerprint density at radius 3 is 2.59 bits per heavy atom. The summed E-state index contributed by atoms with van der Waals surface area (Å²) in [5, 5.41) is 18.9. The van der Waals surface area contributed by atoms with E-state index in [0.29, 0.717) is 22.8 Å². The molecule has 11 heteroatoms. The lowest BCUT2D eigenvalue weighted by Crippen LogP contribution is -2.09. The van der Waals surface area contributed by atoms with E-state index in [1.165, 1.54) is 25.3 Å². The smallest absolute Gasteiger partial charge is 0.222 e. The number of carbonyl (C=O) groups excluding carboxylic acids is 1. The second-order valence-corrected chi connectivity index (χ2v) is 8.22. The summed E-state index contributed by atoms with van der Waals surface area (Å²) in [6, 6.07) is 7.91. The lowest BCUT2D eigenvalue weighted by atomic mass is 10.1. The second-order valence-electron chi connectivity index (χ2n) is 6.26. The highest BCUT2D eigenvalue weighted by Crippen LogP contribution is 2.30. The molecule has 0 radical (unpaired) electrons. The summed E-state index contributed by atoms with van der Waals surface area (Å²) in [6.07, 6.45) is 4.31. The fourth-order valence-electron chi connectivity index (χ4n) is 2.53. The minimum absolute atomic E-state index is 0.137. The molecule has 0 saturated heterocycles. The first-order chi connectivity index (χ1) is 13.7. The van der Waals surface area contributed by atoms with E-state index in [2.05, 4.69) is 25.7 Å². The molecule has 1 amide bonds. The summed E-state index contributed by atoms with van der Waals surface area (Å²) in [4.78, 5) is 19.7. The lowest BCUT2D eigenvalue weighted by molar-refractivity contribution is -0.114. The molecule has 3 aromatic rings. The summed E-state index contributed by atoms with van der Waals surface area (Å²) in [6.45, 7) is 1.36. The predicted molar refractivity (Wildman–Crippen MR) is 106 cm³/mol. The molecule has 0 unspecified atom stereocenters. The zero-order valence-electron chi connectivity index (χ0n) is 15.8. The Morgan fingerprint density at radius 2 is 2.00 bits per heavy atom. The lowest BCUT2D eigenvalue weighted by Gasteiger charge is -2.13. The number of amides is 1. The van der Waals surface area contributed by atoms with Crippen LogP contribution in [0.15, 0.2) is 41.7 Å². The van der Waals surface area contributed by atoms with Crippen molar-refractivity contribution in [1.82, 2.24) is 19.7 Å². The Balaban J connectivity index is 2.12. The molecule has 29 heavy (non-hydrogen) atoms. The van der Waals surface area contributed by atoms with Gasteiger partial charge in [0.1, 0.15) is 11.6 Å². The summed E-state index contributed by atoms with van der Waals surface area (Å²) < 4.78 is 25.4. The quantitative estimate of drug-likeness (QED) is 0.647. The molecule has 0 aliphatic carbocycles. The molecule has 0 aromatic carbocycles. The van der Waals surface area contributed by atoms with Gasteiger partial charge in [-0.3, -0.25) is 9.48 Å². The van der Waals surface area contributed by atoms with Gasteiger partial charge < -0.3 is 10.6 Å². The van der Waals surface area contributed by atoms with Crippen molar-refractivity contribution in [2.75, 3.05) is 16.9 Å². The van der Waals surface area contributed by atoms with E-state index in [0.717, 1.165) is 6.26 Å². The number of nitrogens with zero attached hydrogens (tertiary/aromatic N) is 5. The molecular weight excluding hydrogens is 394 g/mol. The van der Waals surface area contributed by atoms with Crippen LogP contribution in [0, 0.1) is 11.3 Å². The molecule has 0 atom stereocenters. The molecule has 10 nitrogen and oxygen atoms in total. The van der Waals surface area contributed by atoms with Crippen LogP contribution in [0.1, 0.15) is 12.5 Å². The zero-order valence-corrected chi connectivity index (χ0v) is 16.6. The van der Waals surface area contributed by atoms with Crippen LogP contribution in [0.4, 0.5) is 17.3 Å². The first-order valence-corrected chi connectivity index (χ1v) is 10.2. The Labute approximate surface area is 167 Å². The van der Waals surface area contributed by atoms with Crippen molar-refractivity contribution in [1.29, 1.82) is 5.26 Å². The van der Waals surface area contributed by atoms with Gasteiger partial charge in [0.05, 0.1) is 23.0 Å². The van der Waals surface area contributed by atoms with E-state index >= 15 is 0 Å². The summed E-state index contributed by atoms with van der Waals surface area (Å²) >= 11 is 0. The number of nitrogens with one attached hydrogen (secondary N) is 2. The maximum Gasteiger partial charge on any atom is 0.222 e. The molecule has 3 rings (SSSR count). The van der Waals surface area contributed by atoms with Crippen molar-refractivity contribution in [3.8, 4) is 17.3 Å². The number of pyridine rings is 2. The zero-order chi connectivity index (χ0) is 21.2. The Hall–Kier alpha value is -3.78. The van der Waals surface area contributed by atoms with E-state index in [1.54, 1.807) is 30.1 Å². The highest BCUT2D eigenvalue weighted by atomic mass is 32.2. The Morgan fingerprint density at radius 1 is 1.24 bits per heavy atom. The Kier molecular flexibility index (Phi) is 5.29. The summed E-state index contributed by atoms with van der Waals surface area (Å²) in [5.41, 5.74) is 1.82. The van der Waals surface area contributed by atoms with Crippen molar-refractivity contribution in [2.24, 2.45) is 7.05 Å². The standard InChI is InChI=1S/C18H17N7O3S/c1-11(26)21-16-8-15(13(10-20-16)14-4-5-25(2)24-14)22-17-6-12(9-19)7-18(23-17)29(3,27)28/h4-8,10H,1-3H3,(H2,20,21,22,23,26). The number of nitriles is 1. The van der Waals surface area contributed by atoms with E-state index in [4.69, 9.17) is 0 Å². The van der Waals surface area contributed by atoms with Gasteiger partial charge in [-0.1, -0.05) is 0 Å². The molecule has 2 N–H and O–H groups in total. The number of sulfone groups is 1. The number of aromatic nitrogens is 4. The van der Waals surface area contributed by atoms with E-state index < -0.39 is 9.84 Å². The third-order valence-corrected chi connectivity index (χ3v) is 4.74. The van der Waals surface area contributed by atoms with Gasteiger partial charge in [0.2, 0.25) is 5.91 Å². The highest BCUT2D eigenvalue weighted by molar-refractivity contribution is 7.90. The molecule has 0 saturated carbocycles. The SMILES string of the molecule is CC(=O)Nc1cc(Nc2cc(C#N)cc(S(C)(=O)=O)n2)c(-c2ccn(C)n2)cn1. The largest absolute Gasteiger partial charge is 0.339 e. The second kappa shape index (κ2) is 7.69. The molecule has 3 aromatic heterocycles. The van der Waals surface area contributed by atoms with Crippen molar-refractivity contribution in [3.05, 3.63) is 42.2 Å². The van der Waals surface area contributed by atoms with Gasteiger partial charge in [-0.2, -0.15) is 10.4 Å². The van der Waals surface area contributed by atoms with Gasteiger partial charge in [-0.25, -0.2) is 18.4 Å². The highest BCUT2D eigenvalue weighted by Gasteiger charge is 2.15. The van der Waals surface area contributed by atoms with Gasteiger partial charge in [-0.15, -0.1) is 0 Å². The van der Waals surface area contributed by atoms with Crippen LogP contribution >= 0.6 is 0 Å². The first kappa shape index (κ1) is 20.0. The number of rotatable bonds is 5. The normalized spacial score (nSPS) is 11.0. The van der Waals surface area contributed by atoms with Crippen LogP contribution in [0.2, 0.25) is 0 Å². The molecule has 0 bridgehead atoms. The van der Waals surface area contributed by atoms with Crippen molar-refractivity contribution in [3.63, 3.8) is 0 Å². The summed E-state index contributed by atoms with van der Waals surface area (Å²) in [5.74, 6) is 0.152. The number of carbonyl (C=O) groups is 1. The van der Waals surface area contributed by atoms with E-state index in [1.807, 2.05) is 6.07 Å². The number of hydrogen-bond donors (Lipinski definition) is 2. The third-order valence-electron chi connectivity index (χ3n) is 3.77. The van der Waals surface area contributed by atoms with Crippen LogP contribution in [-0.4, -0.2) is 40.3 Å². The van der Waals surface area contributed by atoms with Gasteiger partial charge >= 0.3 is 0 Å². The molecule has 0 fully saturated rings. The van der Waals surface area contributed by atoms with E-state index in [-0.39, 0.29) is 22.3 Å². The van der Waals surface area contributed by atoms with Gasteiger partial charge in [-0.05, 0) is 18.2 Å². The first-order valence-electron chi connectivity index (χ1n) is 8.32.